The van der Waals surface area contributed by atoms with Gasteiger partial charge >= 0.3 is 16.4 Å². The van der Waals surface area contributed by atoms with Crippen molar-refractivity contribution in [2.75, 3.05) is 6.54 Å². The van der Waals surface area contributed by atoms with Crippen LogP contribution in [-0.2, 0) is 14.7 Å². The Kier molecular flexibility index (Phi) is 2.32. The molecule has 2 saturated heterocycles. The fourth-order valence-electron chi connectivity index (χ4n) is 1.78. The number of halogens is 1. The van der Waals surface area contributed by atoms with Crippen molar-refractivity contribution in [3.8, 4) is 0 Å². The van der Waals surface area contributed by atoms with Crippen LogP contribution >= 0.6 is 0 Å². The van der Waals surface area contributed by atoms with Gasteiger partial charge in [0.15, 0.2) is 6.30 Å². The van der Waals surface area contributed by atoms with Gasteiger partial charge in [-0.3, -0.25) is 9.45 Å². The number of alkyl halides is 1. The van der Waals surface area contributed by atoms with E-state index in [1.807, 2.05) is 0 Å². The molecule has 2 aliphatic heterocycles. The number of urea groups is 1. The van der Waals surface area contributed by atoms with Crippen LogP contribution in [0.3, 0.4) is 0 Å². The lowest BCUT2D eigenvalue weighted by molar-refractivity contribution is -0.0319. The highest BCUT2D eigenvalue weighted by atomic mass is 32.3. The maximum Gasteiger partial charge on any atom is 0.418 e. The van der Waals surface area contributed by atoms with Crippen molar-refractivity contribution in [2.24, 2.45) is 0 Å². The maximum absolute atomic E-state index is 13.1. The first-order chi connectivity index (χ1) is 6.88. The van der Waals surface area contributed by atoms with Gasteiger partial charge in [0.1, 0.15) is 0 Å². The van der Waals surface area contributed by atoms with Crippen molar-refractivity contribution in [3.05, 3.63) is 0 Å². The van der Waals surface area contributed by atoms with Gasteiger partial charge in [-0.2, -0.15) is 13.5 Å². The van der Waals surface area contributed by atoms with Crippen LogP contribution in [-0.4, -0.2) is 47.8 Å². The minimum Gasteiger partial charge on any atom is -0.290 e. The highest BCUT2D eigenvalue weighted by molar-refractivity contribution is 7.80. The summed E-state index contributed by atoms with van der Waals surface area (Å²) in [6, 6.07) is -1.39. The molecule has 2 heterocycles. The van der Waals surface area contributed by atoms with Crippen molar-refractivity contribution in [3.63, 3.8) is 0 Å². The molecular formula is C6H9FN2O5S. The Morgan fingerprint density at radius 1 is 1.47 bits per heavy atom. The van der Waals surface area contributed by atoms with Crippen LogP contribution < -0.4 is 0 Å². The van der Waals surface area contributed by atoms with E-state index in [0.717, 1.165) is 4.90 Å². The van der Waals surface area contributed by atoms with E-state index in [4.69, 9.17) is 4.55 Å². The van der Waals surface area contributed by atoms with Crippen LogP contribution in [0, 0.1) is 0 Å². The van der Waals surface area contributed by atoms with Crippen LogP contribution in [0.4, 0.5) is 9.18 Å². The first-order valence-corrected chi connectivity index (χ1v) is 5.66. The van der Waals surface area contributed by atoms with Crippen LogP contribution in [0.1, 0.15) is 12.8 Å². The Balaban J connectivity index is 2.18. The molecule has 15 heavy (non-hydrogen) atoms. The molecular weight excluding hydrogens is 231 g/mol. The number of amides is 2. The average Bonchev–Trinajstić information content (AvgIpc) is 2.35. The molecule has 0 unspecified atom stereocenters. The molecule has 1 N–H and O–H groups in total. The van der Waals surface area contributed by atoms with E-state index in [1.165, 1.54) is 0 Å². The molecule has 2 amide bonds. The van der Waals surface area contributed by atoms with E-state index in [0.29, 0.717) is 11.5 Å². The summed E-state index contributed by atoms with van der Waals surface area (Å²) in [4.78, 5) is 12.3. The maximum atomic E-state index is 13.1. The number of hydroxylamine groups is 2. The number of carbonyl (C=O) groups excluding carboxylic acids is 1. The van der Waals surface area contributed by atoms with E-state index in [9.17, 15) is 17.6 Å². The second-order valence-electron chi connectivity index (χ2n) is 3.43. The highest BCUT2D eigenvalue weighted by Crippen LogP contribution is 2.30. The number of rotatable bonds is 2. The van der Waals surface area contributed by atoms with Crippen LogP contribution in [0.2, 0.25) is 0 Å². The third-order valence-corrected chi connectivity index (χ3v) is 2.77. The molecule has 0 radical (unpaired) electrons. The summed E-state index contributed by atoms with van der Waals surface area (Å²) in [5.74, 6) is 0. The summed E-state index contributed by atoms with van der Waals surface area (Å²) in [6.45, 7) is 0.0789. The number of hydrogen-bond acceptors (Lipinski definition) is 4. The van der Waals surface area contributed by atoms with Gasteiger partial charge in [0.05, 0.1) is 6.04 Å². The SMILES string of the molecule is O=C1N2C[C@@H](CC[C@H]2F)N1OS(=O)(=O)O. The normalized spacial score (nSPS) is 31.2. The predicted octanol–water partition coefficient (Wildman–Crippen LogP) is -0.0836. The largest absolute Gasteiger partial charge is 0.418 e. The minimum absolute atomic E-state index is 0.0789. The molecule has 0 spiro atoms. The second-order valence-corrected chi connectivity index (χ2v) is 4.43. The minimum atomic E-state index is -4.74. The number of piperidine rings is 1. The number of nitrogens with zero attached hydrogens (tertiary/aromatic N) is 2. The number of fused-ring (bicyclic) bond motifs is 2. The molecule has 0 aromatic heterocycles. The highest BCUT2D eigenvalue weighted by Gasteiger charge is 2.47. The smallest absolute Gasteiger partial charge is 0.290 e. The van der Waals surface area contributed by atoms with Crippen molar-refractivity contribution in [2.45, 2.75) is 25.2 Å². The van der Waals surface area contributed by atoms with Gasteiger partial charge in [-0.25, -0.2) is 9.18 Å². The molecule has 9 heteroatoms. The Hall–Kier alpha value is -0.930. The average molecular weight is 240 g/mol. The van der Waals surface area contributed by atoms with E-state index in [-0.39, 0.29) is 13.0 Å². The van der Waals surface area contributed by atoms with Gasteiger partial charge in [-0.1, -0.05) is 0 Å². The molecule has 2 fully saturated rings. The Bertz CT molecular complexity index is 385. The van der Waals surface area contributed by atoms with Crippen LogP contribution in [0.25, 0.3) is 0 Å². The van der Waals surface area contributed by atoms with E-state index in [1.54, 1.807) is 0 Å². The zero-order chi connectivity index (χ0) is 11.2. The predicted molar refractivity (Wildman–Crippen MR) is 44.5 cm³/mol. The van der Waals surface area contributed by atoms with Crippen molar-refractivity contribution in [1.82, 2.24) is 9.96 Å². The molecule has 2 aliphatic rings. The Morgan fingerprint density at radius 2 is 2.13 bits per heavy atom. The molecule has 0 saturated carbocycles. The van der Waals surface area contributed by atoms with Gasteiger partial charge in [0.25, 0.3) is 0 Å². The number of hydrogen-bond donors (Lipinski definition) is 1. The van der Waals surface area contributed by atoms with Gasteiger partial charge in [-0.05, 0) is 12.8 Å². The van der Waals surface area contributed by atoms with Gasteiger partial charge in [-0.15, -0.1) is 4.28 Å². The third kappa shape index (κ3) is 1.90. The zero-order valence-corrected chi connectivity index (χ0v) is 8.35. The van der Waals surface area contributed by atoms with Gasteiger partial charge < -0.3 is 0 Å². The Morgan fingerprint density at radius 3 is 2.67 bits per heavy atom. The van der Waals surface area contributed by atoms with Crippen LogP contribution in [0.5, 0.6) is 0 Å². The fraction of sp³-hybridized carbons (Fsp3) is 0.833. The lowest BCUT2D eigenvalue weighted by Crippen LogP contribution is -2.37. The van der Waals surface area contributed by atoms with E-state index < -0.39 is 28.8 Å². The zero-order valence-electron chi connectivity index (χ0n) is 7.54. The van der Waals surface area contributed by atoms with Crippen LogP contribution in [0.15, 0.2) is 0 Å². The molecule has 0 aromatic carbocycles. The standard InChI is InChI=1S/C6H9FN2O5S/c7-5-2-1-4-3-8(5)6(10)9(4)14-15(11,12)13/h4-5H,1-3H2,(H,11,12,13)/t4-,5+/m1/s1. The lowest BCUT2D eigenvalue weighted by atomic mass is 10.1. The first kappa shape index (κ1) is 10.6. The van der Waals surface area contributed by atoms with E-state index in [2.05, 4.69) is 4.28 Å². The summed E-state index contributed by atoms with van der Waals surface area (Å²) in [6.07, 6.45) is -0.968. The van der Waals surface area contributed by atoms with Gasteiger partial charge in [0, 0.05) is 6.54 Å². The molecule has 7 nitrogen and oxygen atoms in total. The summed E-state index contributed by atoms with van der Waals surface area (Å²) in [7, 11) is -4.74. The quantitative estimate of drug-likeness (QED) is 0.538. The second kappa shape index (κ2) is 3.29. The van der Waals surface area contributed by atoms with Gasteiger partial charge in [0.2, 0.25) is 0 Å². The molecule has 2 atom stereocenters. The van der Waals surface area contributed by atoms with Crippen molar-refractivity contribution in [1.29, 1.82) is 0 Å². The van der Waals surface area contributed by atoms with Crippen molar-refractivity contribution < 1.29 is 26.4 Å². The lowest BCUT2D eigenvalue weighted by Gasteiger charge is -2.23. The molecule has 86 valence electrons. The third-order valence-electron chi connectivity index (χ3n) is 2.42. The fourth-order valence-corrected chi connectivity index (χ4v) is 2.17. The summed E-state index contributed by atoms with van der Waals surface area (Å²) in [5.41, 5.74) is 0. The summed E-state index contributed by atoms with van der Waals surface area (Å²) in [5, 5.41) is 0.509. The van der Waals surface area contributed by atoms with E-state index >= 15 is 0 Å². The summed E-state index contributed by atoms with van der Waals surface area (Å²) >= 11 is 0. The molecule has 0 aliphatic carbocycles. The monoisotopic (exact) mass is 240 g/mol. The number of carbonyl (C=O) groups is 1. The van der Waals surface area contributed by atoms with Crippen molar-refractivity contribution >= 4 is 16.4 Å². The Labute approximate surface area is 85.3 Å². The topological polar surface area (TPSA) is 87.2 Å². The first-order valence-electron chi connectivity index (χ1n) is 4.29. The molecule has 2 bridgehead atoms. The molecule has 0 aromatic rings. The molecule has 2 rings (SSSR count). The summed E-state index contributed by atoms with van der Waals surface area (Å²) < 4.78 is 46.5.